The van der Waals surface area contributed by atoms with Gasteiger partial charge in [0.15, 0.2) is 0 Å². The molecule has 0 aliphatic heterocycles. The molecule has 1 amide bonds. The molecule has 2 heterocycles. The van der Waals surface area contributed by atoms with E-state index >= 15 is 0 Å². The van der Waals surface area contributed by atoms with Gasteiger partial charge in [-0.2, -0.15) is 0 Å². The number of aromatic nitrogens is 2. The summed E-state index contributed by atoms with van der Waals surface area (Å²) in [7, 11) is 0. The average Bonchev–Trinajstić information content (AvgIpc) is 3.20. The Balaban J connectivity index is 1.81. The number of aryl methyl sites for hydroxylation is 1. The van der Waals surface area contributed by atoms with E-state index in [2.05, 4.69) is 15.3 Å². The molecule has 0 unspecified atom stereocenters. The molecule has 2 aromatic rings. The van der Waals surface area contributed by atoms with E-state index in [4.69, 9.17) is 4.42 Å². The molecular formula is C15H17N3O2S. The fourth-order valence-corrected chi connectivity index (χ4v) is 2.80. The van der Waals surface area contributed by atoms with Crippen molar-refractivity contribution in [3.63, 3.8) is 0 Å². The first-order chi connectivity index (χ1) is 10.2. The highest BCUT2D eigenvalue weighted by Gasteiger charge is 2.29. The molecule has 110 valence electrons. The van der Waals surface area contributed by atoms with Crippen LogP contribution in [0, 0.1) is 6.92 Å². The first kappa shape index (κ1) is 14.1. The van der Waals surface area contributed by atoms with E-state index in [0.717, 1.165) is 35.1 Å². The van der Waals surface area contributed by atoms with Crippen molar-refractivity contribution in [3.05, 3.63) is 41.2 Å². The van der Waals surface area contributed by atoms with Gasteiger partial charge in [-0.3, -0.25) is 4.79 Å². The molecule has 1 saturated carbocycles. The molecule has 1 fully saturated rings. The summed E-state index contributed by atoms with van der Waals surface area (Å²) in [4.78, 5) is 21.4. The predicted octanol–water partition coefficient (Wildman–Crippen LogP) is 2.91. The lowest BCUT2D eigenvalue weighted by atomic mass is 10.2. The summed E-state index contributed by atoms with van der Waals surface area (Å²) in [5.74, 6) is 1.92. The number of rotatable bonds is 5. The molecule has 0 atom stereocenters. The van der Waals surface area contributed by atoms with Crippen LogP contribution in [-0.2, 0) is 6.54 Å². The van der Waals surface area contributed by atoms with Gasteiger partial charge >= 0.3 is 0 Å². The summed E-state index contributed by atoms with van der Waals surface area (Å²) in [5, 5.41) is 3.61. The van der Waals surface area contributed by atoms with E-state index < -0.39 is 0 Å². The fraction of sp³-hybridized carbons (Fsp3) is 0.400. The number of nitrogens with one attached hydrogen (secondary N) is 1. The molecule has 0 aromatic carbocycles. The summed E-state index contributed by atoms with van der Waals surface area (Å²) in [5.41, 5.74) is 1.31. The lowest BCUT2D eigenvalue weighted by molar-refractivity contribution is 0.0943. The molecular weight excluding hydrogens is 286 g/mol. The number of thioether (sulfide) groups is 1. The summed E-state index contributed by atoms with van der Waals surface area (Å²) < 4.78 is 5.21. The van der Waals surface area contributed by atoms with Gasteiger partial charge in [-0.05, 0) is 38.2 Å². The highest BCUT2D eigenvalue weighted by atomic mass is 32.2. The first-order valence-electron chi connectivity index (χ1n) is 6.92. The third-order valence-corrected chi connectivity index (χ3v) is 4.12. The van der Waals surface area contributed by atoms with Crippen molar-refractivity contribution >= 4 is 17.7 Å². The summed E-state index contributed by atoms with van der Waals surface area (Å²) in [6.07, 6.45) is 5.82. The quantitative estimate of drug-likeness (QED) is 0.679. The zero-order valence-corrected chi connectivity index (χ0v) is 12.9. The van der Waals surface area contributed by atoms with Crippen LogP contribution in [0.4, 0.5) is 0 Å². The Bertz CT molecular complexity index is 651. The van der Waals surface area contributed by atoms with Gasteiger partial charge < -0.3 is 9.73 Å². The molecule has 1 aliphatic rings. The molecule has 0 spiro atoms. The highest BCUT2D eigenvalue weighted by molar-refractivity contribution is 7.98. The summed E-state index contributed by atoms with van der Waals surface area (Å²) in [6.45, 7) is 2.23. The van der Waals surface area contributed by atoms with Crippen molar-refractivity contribution < 1.29 is 9.21 Å². The normalized spacial score (nSPS) is 14.2. The van der Waals surface area contributed by atoms with Gasteiger partial charge in [0, 0.05) is 5.92 Å². The Morgan fingerprint density at radius 2 is 2.29 bits per heavy atom. The average molecular weight is 303 g/mol. The SMILES string of the molecule is CSc1nc(C2CC2)nc(C)c1C(=O)NCc1ccco1. The number of furan rings is 1. The van der Waals surface area contributed by atoms with Gasteiger partial charge in [-0.1, -0.05) is 0 Å². The fourth-order valence-electron chi connectivity index (χ4n) is 2.17. The number of hydrogen-bond acceptors (Lipinski definition) is 5. The van der Waals surface area contributed by atoms with Crippen LogP contribution >= 0.6 is 11.8 Å². The van der Waals surface area contributed by atoms with Crippen molar-refractivity contribution in [1.29, 1.82) is 0 Å². The number of carbonyl (C=O) groups excluding carboxylic acids is 1. The summed E-state index contributed by atoms with van der Waals surface area (Å²) in [6, 6.07) is 3.63. The zero-order valence-electron chi connectivity index (χ0n) is 12.0. The number of nitrogens with zero attached hydrogens (tertiary/aromatic N) is 2. The van der Waals surface area contributed by atoms with Crippen molar-refractivity contribution in [2.45, 2.75) is 37.3 Å². The summed E-state index contributed by atoms with van der Waals surface area (Å²) >= 11 is 1.49. The smallest absolute Gasteiger partial charge is 0.256 e. The van der Waals surface area contributed by atoms with Crippen LogP contribution < -0.4 is 5.32 Å². The van der Waals surface area contributed by atoms with Crippen LogP contribution in [0.2, 0.25) is 0 Å². The van der Waals surface area contributed by atoms with Gasteiger partial charge in [-0.25, -0.2) is 9.97 Å². The Hall–Kier alpha value is -1.82. The molecule has 1 aliphatic carbocycles. The topological polar surface area (TPSA) is 68.0 Å². The van der Waals surface area contributed by atoms with E-state index in [0.29, 0.717) is 18.0 Å². The third kappa shape index (κ3) is 3.10. The van der Waals surface area contributed by atoms with E-state index in [-0.39, 0.29) is 5.91 Å². The Morgan fingerprint density at radius 3 is 2.90 bits per heavy atom. The van der Waals surface area contributed by atoms with Crippen LogP contribution in [0.15, 0.2) is 27.8 Å². The molecule has 0 bridgehead atoms. The molecule has 1 N–H and O–H groups in total. The second-order valence-electron chi connectivity index (χ2n) is 5.09. The maximum atomic E-state index is 12.4. The Kier molecular flexibility index (Phi) is 3.96. The number of carbonyl (C=O) groups is 1. The third-order valence-electron chi connectivity index (χ3n) is 3.44. The van der Waals surface area contributed by atoms with Crippen LogP contribution in [0.25, 0.3) is 0 Å². The Morgan fingerprint density at radius 1 is 1.48 bits per heavy atom. The van der Waals surface area contributed by atoms with Gasteiger partial charge in [0.25, 0.3) is 5.91 Å². The minimum absolute atomic E-state index is 0.157. The van der Waals surface area contributed by atoms with Gasteiger partial charge in [-0.15, -0.1) is 11.8 Å². The number of hydrogen-bond donors (Lipinski definition) is 1. The highest BCUT2D eigenvalue weighted by Crippen LogP contribution is 2.39. The van der Waals surface area contributed by atoms with Crippen molar-refractivity contribution in [2.75, 3.05) is 6.26 Å². The molecule has 21 heavy (non-hydrogen) atoms. The second-order valence-corrected chi connectivity index (χ2v) is 5.88. The minimum Gasteiger partial charge on any atom is -0.467 e. The zero-order chi connectivity index (χ0) is 14.8. The number of amides is 1. The Labute approximate surface area is 127 Å². The van der Waals surface area contributed by atoms with Crippen molar-refractivity contribution in [3.8, 4) is 0 Å². The standard InChI is InChI=1S/C15H17N3O2S/c1-9-12(14(19)16-8-11-4-3-7-20-11)15(21-2)18-13(17-9)10-5-6-10/h3-4,7,10H,5-6,8H2,1-2H3,(H,16,19). The van der Waals surface area contributed by atoms with Gasteiger partial charge in [0.05, 0.1) is 24.1 Å². The lowest BCUT2D eigenvalue weighted by Gasteiger charge is -2.11. The molecule has 0 saturated heterocycles. The van der Waals surface area contributed by atoms with Crippen molar-refractivity contribution in [2.24, 2.45) is 0 Å². The van der Waals surface area contributed by atoms with Gasteiger partial charge in [0.1, 0.15) is 16.6 Å². The van der Waals surface area contributed by atoms with E-state index in [1.807, 2.05) is 19.2 Å². The van der Waals surface area contributed by atoms with Crippen molar-refractivity contribution in [1.82, 2.24) is 15.3 Å². The second kappa shape index (κ2) is 5.89. The predicted molar refractivity (Wildman–Crippen MR) is 80.4 cm³/mol. The van der Waals surface area contributed by atoms with Crippen LogP contribution in [0.3, 0.4) is 0 Å². The van der Waals surface area contributed by atoms with Crippen LogP contribution in [0.5, 0.6) is 0 Å². The monoisotopic (exact) mass is 303 g/mol. The molecule has 5 nitrogen and oxygen atoms in total. The van der Waals surface area contributed by atoms with Gasteiger partial charge in [0.2, 0.25) is 0 Å². The van der Waals surface area contributed by atoms with E-state index in [1.54, 1.807) is 12.3 Å². The van der Waals surface area contributed by atoms with E-state index in [1.165, 1.54) is 11.8 Å². The van der Waals surface area contributed by atoms with Crippen LogP contribution in [0.1, 0.15) is 46.4 Å². The maximum Gasteiger partial charge on any atom is 0.256 e. The molecule has 2 aromatic heterocycles. The molecule has 3 rings (SSSR count). The minimum atomic E-state index is -0.157. The maximum absolute atomic E-state index is 12.4. The van der Waals surface area contributed by atoms with E-state index in [9.17, 15) is 4.79 Å². The molecule has 0 radical (unpaired) electrons. The molecule has 6 heteroatoms. The van der Waals surface area contributed by atoms with Crippen LogP contribution in [-0.4, -0.2) is 22.1 Å². The lowest BCUT2D eigenvalue weighted by Crippen LogP contribution is -2.25. The largest absolute Gasteiger partial charge is 0.467 e. The first-order valence-corrected chi connectivity index (χ1v) is 8.14.